The molecule has 0 bridgehead atoms. The molecule has 1 aromatic carbocycles. The van der Waals surface area contributed by atoms with Crippen LogP contribution in [0.2, 0.25) is 0 Å². The lowest BCUT2D eigenvalue weighted by Gasteiger charge is -1.94. The molecule has 0 aliphatic carbocycles. The molecule has 0 radical (unpaired) electrons. The lowest BCUT2D eigenvalue weighted by atomic mass is 9.98. The molecular weight excluding hydrogens is 186 g/mol. The van der Waals surface area contributed by atoms with Crippen LogP contribution in [-0.4, -0.2) is 11.2 Å². The van der Waals surface area contributed by atoms with Crippen LogP contribution in [0.3, 0.4) is 0 Å². The minimum Gasteiger partial charge on any atom is -0.336 e. The van der Waals surface area contributed by atoms with E-state index in [0.717, 1.165) is 5.56 Å². The number of ether oxygens (including phenoxy) is 1. The third-order valence-electron chi connectivity index (χ3n) is 2.53. The van der Waals surface area contributed by atoms with Crippen LogP contribution in [0, 0.1) is 23.2 Å². The van der Waals surface area contributed by atoms with Crippen LogP contribution >= 0.6 is 0 Å². The minimum atomic E-state index is -0.914. The Bertz CT molecular complexity index is 473. The molecule has 74 valence electrons. The number of hydrogen-bond donors (Lipinski definition) is 0. The highest BCUT2D eigenvalue weighted by molar-refractivity contribution is 5.45. The predicted octanol–water partition coefficient (Wildman–Crippen LogP) is 2.11. The summed E-state index contributed by atoms with van der Waals surface area (Å²) in [6.45, 7) is 3.74. The van der Waals surface area contributed by atoms with Gasteiger partial charge in [-0.15, -0.1) is 0 Å². The van der Waals surface area contributed by atoms with Crippen molar-refractivity contribution in [2.75, 3.05) is 0 Å². The second-order valence-electron chi connectivity index (χ2n) is 4.02. The summed E-state index contributed by atoms with van der Waals surface area (Å²) in [6, 6.07) is 11.7. The van der Waals surface area contributed by atoms with Crippen molar-refractivity contribution in [1.29, 1.82) is 5.26 Å². The summed E-state index contributed by atoms with van der Waals surface area (Å²) >= 11 is 0. The van der Waals surface area contributed by atoms with E-state index in [1.807, 2.05) is 44.2 Å². The van der Waals surface area contributed by atoms with Crippen molar-refractivity contribution in [1.82, 2.24) is 0 Å². The van der Waals surface area contributed by atoms with Gasteiger partial charge in [0.25, 0.3) is 0 Å². The average molecular weight is 197 g/mol. The molecule has 0 amide bonds. The Morgan fingerprint density at radius 1 is 1.20 bits per heavy atom. The van der Waals surface area contributed by atoms with Gasteiger partial charge in [0.2, 0.25) is 5.60 Å². The number of nitrogens with zero attached hydrogens (tertiary/aromatic N) is 1. The van der Waals surface area contributed by atoms with Crippen molar-refractivity contribution < 1.29 is 4.74 Å². The van der Waals surface area contributed by atoms with Gasteiger partial charge in [-0.05, 0) is 31.9 Å². The lowest BCUT2D eigenvalue weighted by Crippen LogP contribution is -2.15. The average Bonchev–Trinajstić information content (AvgIpc) is 2.80. The van der Waals surface area contributed by atoms with Gasteiger partial charge in [-0.25, -0.2) is 0 Å². The van der Waals surface area contributed by atoms with Gasteiger partial charge in [-0.2, -0.15) is 5.26 Å². The monoisotopic (exact) mass is 197 g/mol. The van der Waals surface area contributed by atoms with Gasteiger partial charge < -0.3 is 4.74 Å². The molecule has 2 nitrogen and oxygen atoms in total. The summed E-state index contributed by atoms with van der Waals surface area (Å²) in [6.07, 6.45) is 0. The van der Waals surface area contributed by atoms with Gasteiger partial charge >= 0.3 is 0 Å². The van der Waals surface area contributed by atoms with Crippen LogP contribution in [0.15, 0.2) is 30.3 Å². The van der Waals surface area contributed by atoms with E-state index in [9.17, 15) is 0 Å². The molecule has 15 heavy (non-hydrogen) atoms. The smallest absolute Gasteiger partial charge is 0.245 e. The zero-order valence-corrected chi connectivity index (χ0v) is 8.74. The highest BCUT2D eigenvalue weighted by Gasteiger charge is 2.64. The molecule has 0 spiro atoms. The normalized spacial score (nSPS) is 25.9. The van der Waals surface area contributed by atoms with Crippen LogP contribution in [0.5, 0.6) is 0 Å². The van der Waals surface area contributed by atoms with E-state index in [-0.39, 0.29) is 0 Å². The van der Waals surface area contributed by atoms with E-state index in [1.54, 1.807) is 0 Å². The molecule has 1 atom stereocenters. The Morgan fingerprint density at radius 3 is 2.27 bits per heavy atom. The Hall–Kier alpha value is -1.77. The molecule has 0 unspecified atom stereocenters. The molecule has 1 aliphatic rings. The van der Waals surface area contributed by atoms with Gasteiger partial charge in [0.05, 0.1) is 0 Å². The SMILES string of the molecule is CC1(C)O[C@@]1(C#N)C#Cc1ccccc1. The van der Waals surface area contributed by atoms with Crippen molar-refractivity contribution in [3.05, 3.63) is 35.9 Å². The molecule has 1 aliphatic heterocycles. The van der Waals surface area contributed by atoms with Crippen molar-refractivity contribution in [3.8, 4) is 17.9 Å². The van der Waals surface area contributed by atoms with Crippen molar-refractivity contribution in [3.63, 3.8) is 0 Å². The van der Waals surface area contributed by atoms with Crippen LogP contribution in [0.4, 0.5) is 0 Å². The fourth-order valence-electron chi connectivity index (χ4n) is 1.40. The Labute approximate surface area is 89.5 Å². The van der Waals surface area contributed by atoms with Crippen LogP contribution < -0.4 is 0 Å². The first-order chi connectivity index (χ1) is 7.10. The minimum absolute atomic E-state index is 0.441. The van der Waals surface area contributed by atoms with Gasteiger partial charge in [-0.1, -0.05) is 24.1 Å². The van der Waals surface area contributed by atoms with Crippen molar-refractivity contribution in [2.24, 2.45) is 0 Å². The highest BCUT2D eigenvalue weighted by Crippen LogP contribution is 2.46. The molecule has 0 N–H and O–H groups in total. The standard InChI is InChI=1S/C13H11NO/c1-12(2)13(10-14,15-12)9-8-11-6-4-3-5-7-11/h3-7H,1-2H3/t13-/m1/s1. The van der Waals surface area contributed by atoms with E-state index >= 15 is 0 Å². The maximum Gasteiger partial charge on any atom is 0.245 e. The first kappa shape index (κ1) is 9.77. The number of epoxide rings is 1. The third kappa shape index (κ3) is 1.61. The Balaban J connectivity index is 2.25. The Morgan fingerprint density at radius 2 is 1.80 bits per heavy atom. The first-order valence-electron chi connectivity index (χ1n) is 4.79. The van der Waals surface area contributed by atoms with Gasteiger partial charge in [-0.3, -0.25) is 0 Å². The molecule has 0 aromatic heterocycles. The summed E-state index contributed by atoms with van der Waals surface area (Å²) in [4.78, 5) is 0. The second kappa shape index (κ2) is 3.12. The molecule has 2 heteroatoms. The maximum atomic E-state index is 8.99. The van der Waals surface area contributed by atoms with Gasteiger partial charge in [0.15, 0.2) is 0 Å². The van der Waals surface area contributed by atoms with E-state index in [4.69, 9.17) is 10.00 Å². The van der Waals surface area contributed by atoms with Crippen LogP contribution in [-0.2, 0) is 4.74 Å². The second-order valence-corrected chi connectivity index (χ2v) is 4.02. The molecule has 1 aromatic rings. The number of rotatable bonds is 0. The van der Waals surface area contributed by atoms with E-state index in [1.165, 1.54) is 0 Å². The fourth-order valence-corrected chi connectivity index (χ4v) is 1.40. The highest BCUT2D eigenvalue weighted by atomic mass is 16.6. The predicted molar refractivity (Wildman–Crippen MR) is 56.8 cm³/mol. The quantitative estimate of drug-likeness (QED) is 0.471. The summed E-state index contributed by atoms with van der Waals surface area (Å²) in [7, 11) is 0. The summed E-state index contributed by atoms with van der Waals surface area (Å²) < 4.78 is 5.33. The third-order valence-corrected chi connectivity index (χ3v) is 2.53. The summed E-state index contributed by atoms with van der Waals surface area (Å²) in [5.41, 5.74) is -0.453. The number of nitriles is 1. The van der Waals surface area contributed by atoms with Crippen LogP contribution in [0.25, 0.3) is 0 Å². The van der Waals surface area contributed by atoms with E-state index in [0.29, 0.717) is 0 Å². The molecule has 0 saturated carbocycles. The van der Waals surface area contributed by atoms with Gasteiger partial charge in [0, 0.05) is 5.56 Å². The topological polar surface area (TPSA) is 36.3 Å². The van der Waals surface area contributed by atoms with Gasteiger partial charge in [0.1, 0.15) is 11.7 Å². The van der Waals surface area contributed by atoms with Crippen molar-refractivity contribution in [2.45, 2.75) is 25.0 Å². The first-order valence-corrected chi connectivity index (χ1v) is 4.79. The molecule has 1 heterocycles. The largest absolute Gasteiger partial charge is 0.336 e. The Kier molecular flexibility index (Phi) is 2.03. The maximum absolute atomic E-state index is 8.99. The number of hydrogen-bond acceptors (Lipinski definition) is 2. The van der Waals surface area contributed by atoms with Crippen molar-refractivity contribution >= 4 is 0 Å². The molecular formula is C13H11NO. The zero-order chi connectivity index (χ0) is 10.9. The summed E-state index contributed by atoms with van der Waals surface area (Å²) in [5.74, 6) is 5.85. The van der Waals surface area contributed by atoms with E-state index in [2.05, 4.69) is 17.9 Å². The lowest BCUT2D eigenvalue weighted by molar-refractivity contribution is 0.321. The molecule has 1 fully saturated rings. The van der Waals surface area contributed by atoms with E-state index < -0.39 is 11.2 Å². The number of benzene rings is 1. The molecule has 1 saturated heterocycles. The molecule has 2 rings (SSSR count). The zero-order valence-electron chi connectivity index (χ0n) is 8.74. The summed E-state index contributed by atoms with van der Waals surface area (Å²) in [5, 5.41) is 8.99. The fraction of sp³-hybridized carbons (Fsp3) is 0.308. The van der Waals surface area contributed by atoms with Crippen LogP contribution in [0.1, 0.15) is 19.4 Å².